The number of aliphatic hydroxyl groups excluding tert-OH is 1. The molecule has 1 fully saturated rings. The van der Waals surface area contributed by atoms with Crippen molar-refractivity contribution in [3.8, 4) is 0 Å². The molecule has 1 heterocycles. The van der Waals surface area contributed by atoms with Crippen molar-refractivity contribution in [2.75, 3.05) is 0 Å². The topological polar surface area (TPSA) is 49.3 Å². The maximum absolute atomic E-state index is 11.7. The van der Waals surface area contributed by atoms with Crippen LogP contribution in [0.1, 0.15) is 39.5 Å². The molecule has 3 nitrogen and oxygen atoms in total. The molecule has 3 heteroatoms. The third-order valence-electron chi connectivity index (χ3n) is 4.66. The van der Waals surface area contributed by atoms with Crippen molar-refractivity contribution in [3.63, 3.8) is 0 Å². The zero-order valence-electron chi connectivity index (χ0n) is 10.4. The summed E-state index contributed by atoms with van der Waals surface area (Å²) < 4.78 is 0. The fraction of sp³-hybridized carbons (Fsp3) is 0.643. The Bertz CT molecular complexity index is 445. The fourth-order valence-corrected chi connectivity index (χ4v) is 3.94. The van der Waals surface area contributed by atoms with Crippen molar-refractivity contribution < 1.29 is 9.90 Å². The number of nitrogens with one attached hydrogen (secondary N) is 1. The molecule has 1 amide bonds. The number of rotatable bonds is 0. The number of aliphatic hydroxyl groups is 1. The molecule has 0 bridgehead atoms. The second-order valence-corrected chi connectivity index (χ2v) is 6.10. The maximum atomic E-state index is 11.7. The van der Waals surface area contributed by atoms with E-state index in [0.29, 0.717) is 5.57 Å². The van der Waals surface area contributed by atoms with Gasteiger partial charge < -0.3 is 10.4 Å². The average molecular weight is 233 g/mol. The molecular weight excluding hydrogens is 214 g/mol. The van der Waals surface area contributed by atoms with Crippen LogP contribution in [0.3, 0.4) is 0 Å². The summed E-state index contributed by atoms with van der Waals surface area (Å²) in [5, 5.41) is 12.3. The van der Waals surface area contributed by atoms with Crippen molar-refractivity contribution >= 4 is 5.91 Å². The number of carbonyl (C=O) groups is 1. The minimum atomic E-state index is -0.0876. The maximum Gasteiger partial charge on any atom is 0.251 e. The molecule has 1 aliphatic heterocycles. The highest BCUT2D eigenvalue weighted by Crippen LogP contribution is 2.52. The van der Waals surface area contributed by atoms with E-state index in [2.05, 4.69) is 19.2 Å². The predicted octanol–water partition coefficient (Wildman–Crippen LogP) is 2.45. The zero-order chi connectivity index (χ0) is 12.2. The van der Waals surface area contributed by atoms with E-state index in [4.69, 9.17) is 0 Å². The number of carbonyl (C=O) groups excluding carboxylic acids is 1. The molecule has 1 saturated heterocycles. The van der Waals surface area contributed by atoms with E-state index in [9.17, 15) is 9.90 Å². The SMILES string of the molecule is CC1(C)CCCC2=C1C1NC(=O)/C(=C/O)C1C2. The largest absolute Gasteiger partial charge is 0.515 e. The van der Waals surface area contributed by atoms with Gasteiger partial charge in [-0.2, -0.15) is 0 Å². The first kappa shape index (κ1) is 10.9. The Morgan fingerprint density at radius 1 is 1.47 bits per heavy atom. The van der Waals surface area contributed by atoms with Gasteiger partial charge in [-0.05, 0) is 36.7 Å². The van der Waals surface area contributed by atoms with Crippen LogP contribution in [0, 0.1) is 11.3 Å². The highest BCUT2D eigenvalue weighted by molar-refractivity contribution is 5.97. The third kappa shape index (κ3) is 1.38. The lowest BCUT2D eigenvalue weighted by atomic mass is 9.72. The highest BCUT2D eigenvalue weighted by atomic mass is 16.2. The Morgan fingerprint density at radius 3 is 2.94 bits per heavy atom. The van der Waals surface area contributed by atoms with Crippen LogP contribution in [-0.4, -0.2) is 17.1 Å². The van der Waals surface area contributed by atoms with E-state index in [1.165, 1.54) is 30.4 Å². The van der Waals surface area contributed by atoms with Crippen LogP contribution in [0.2, 0.25) is 0 Å². The lowest BCUT2D eigenvalue weighted by Crippen LogP contribution is -2.35. The van der Waals surface area contributed by atoms with Crippen molar-refractivity contribution in [2.45, 2.75) is 45.6 Å². The molecule has 3 aliphatic rings. The number of hydrogen-bond acceptors (Lipinski definition) is 2. The molecule has 3 rings (SSSR count). The van der Waals surface area contributed by atoms with E-state index in [1.54, 1.807) is 0 Å². The quantitative estimate of drug-likeness (QED) is 0.383. The Hall–Kier alpha value is -1.25. The third-order valence-corrected chi connectivity index (χ3v) is 4.66. The van der Waals surface area contributed by atoms with Crippen molar-refractivity contribution in [3.05, 3.63) is 23.0 Å². The first-order valence-corrected chi connectivity index (χ1v) is 6.42. The average Bonchev–Trinajstić information content (AvgIpc) is 2.71. The molecule has 0 saturated carbocycles. The molecule has 2 aliphatic carbocycles. The standard InChI is InChI=1S/C14H19NO2/c1-14(2)5-3-4-8-6-9-10(7-16)13(17)15-12(9)11(8)14/h7,9,12,16H,3-6H2,1-2H3,(H,15,17)/b10-7+. The fourth-order valence-electron chi connectivity index (χ4n) is 3.94. The van der Waals surface area contributed by atoms with Gasteiger partial charge in [0.2, 0.25) is 0 Å². The molecular formula is C14H19NO2. The number of allylic oxidation sites excluding steroid dienone is 1. The molecule has 0 spiro atoms. The monoisotopic (exact) mass is 233 g/mol. The summed E-state index contributed by atoms with van der Waals surface area (Å²) in [6.45, 7) is 4.55. The Kier molecular flexibility index (Phi) is 2.16. The van der Waals surface area contributed by atoms with Gasteiger partial charge in [0, 0.05) is 5.92 Å². The minimum absolute atomic E-state index is 0.0876. The van der Waals surface area contributed by atoms with Crippen LogP contribution < -0.4 is 5.32 Å². The molecule has 0 aromatic rings. The van der Waals surface area contributed by atoms with Gasteiger partial charge in [-0.25, -0.2) is 0 Å². The summed E-state index contributed by atoms with van der Waals surface area (Å²) in [7, 11) is 0. The molecule has 0 aromatic heterocycles. The molecule has 0 aromatic carbocycles. The van der Waals surface area contributed by atoms with Gasteiger partial charge in [0.1, 0.15) is 0 Å². The first-order valence-electron chi connectivity index (χ1n) is 6.42. The summed E-state index contributed by atoms with van der Waals surface area (Å²) in [4.78, 5) is 11.7. The van der Waals surface area contributed by atoms with Gasteiger partial charge in [-0.1, -0.05) is 19.4 Å². The number of amides is 1. The van der Waals surface area contributed by atoms with E-state index in [0.717, 1.165) is 12.7 Å². The van der Waals surface area contributed by atoms with Crippen LogP contribution in [0.25, 0.3) is 0 Å². The summed E-state index contributed by atoms with van der Waals surface area (Å²) in [6.07, 6.45) is 5.57. The van der Waals surface area contributed by atoms with E-state index in [-0.39, 0.29) is 23.3 Å². The normalized spacial score (nSPS) is 37.1. The smallest absolute Gasteiger partial charge is 0.251 e. The van der Waals surface area contributed by atoms with Gasteiger partial charge in [-0.15, -0.1) is 0 Å². The van der Waals surface area contributed by atoms with E-state index < -0.39 is 0 Å². The Labute approximate surface area is 102 Å². The van der Waals surface area contributed by atoms with E-state index >= 15 is 0 Å². The van der Waals surface area contributed by atoms with Crippen LogP contribution in [0.15, 0.2) is 23.0 Å². The summed E-state index contributed by atoms with van der Waals surface area (Å²) in [6, 6.07) is 0.145. The lowest BCUT2D eigenvalue weighted by molar-refractivity contribution is -0.116. The Balaban J connectivity index is 2.02. The molecule has 2 atom stereocenters. The lowest BCUT2D eigenvalue weighted by Gasteiger charge is -2.35. The Morgan fingerprint density at radius 2 is 2.24 bits per heavy atom. The molecule has 2 N–H and O–H groups in total. The van der Waals surface area contributed by atoms with Gasteiger partial charge in [0.25, 0.3) is 5.91 Å². The minimum Gasteiger partial charge on any atom is -0.515 e. The van der Waals surface area contributed by atoms with Gasteiger partial charge in [-0.3, -0.25) is 4.79 Å². The van der Waals surface area contributed by atoms with Gasteiger partial charge in [0.15, 0.2) is 0 Å². The molecule has 92 valence electrons. The van der Waals surface area contributed by atoms with Crippen LogP contribution in [0.4, 0.5) is 0 Å². The van der Waals surface area contributed by atoms with Crippen molar-refractivity contribution in [1.82, 2.24) is 5.32 Å². The summed E-state index contributed by atoms with van der Waals surface area (Å²) >= 11 is 0. The van der Waals surface area contributed by atoms with Crippen molar-refractivity contribution in [1.29, 1.82) is 0 Å². The number of hydrogen-bond donors (Lipinski definition) is 2. The molecule has 17 heavy (non-hydrogen) atoms. The molecule has 2 unspecified atom stereocenters. The highest BCUT2D eigenvalue weighted by Gasteiger charge is 2.49. The van der Waals surface area contributed by atoms with E-state index in [1.807, 2.05) is 0 Å². The second-order valence-electron chi connectivity index (χ2n) is 6.10. The van der Waals surface area contributed by atoms with Crippen LogP contribution in [-0.2, 0) is 4.79 Å². The van der Waals surface area contributed by atoms with Crippen LogP contribution >= 0.6 is 0 Å². The number of fused-ring (bicyclic) bond motifs is 2. The van der Waals surface area contributed by atoms with Crippen LogP contribution in [0.5, 0.6) is 0 Å². The summed E-state index contributed by atoms with van der Waals surface area (Å²) in [5.74, 6) is 0.0882. The zero-order valence-corrected chi connectivity index (χ0v) is 10.4. The second kappa shape index (κ2) is 3.37. The molecule has 0 radical (unpaired) electrons. The summed E-state index contributed by atoms with van der Waals surface area (Å²) in [5.41, 5.74) is 3.74. The van der Waals surface area contributed by atoms with Crippen molar-refractivity contribution in [2.24, 2.45) is 11.3 Å². The predicted molar refractivity (Wildman–Crippen MR) is 65.4 cm³/mol. The van der Waals surface area contributed by atoms with Gasteiger partial charge in [0.05, 0.1) is 17.9 Å². The van der Waals surface area contributed by atoms with Gasteiger partial charge >= 0.3 is 0 Å². The first-order chi connectivity index (χ1) is 8.04.